The summed E-state index contributed by atoms with van der Waals surface area (Å²) in [7, 11) is 0. The first-order valence-corrected chi connectivity index (χ1v) is 8.05. The molecule has 3 rings (SSSR count). The molecule has 0 bridgehead atoms. The number of aryl methyl sites for hydroxylation is 1. The zero-order valence-corrected chi connectivity index (χ0v) is 13.4. The minimum Gasteiger partial charge on any atom is -0.490 e. The Morgan fingerprint density at radius 2 is 2.32 bits per heavy atom. The van der Waals surface area contributed by atoms with Crippen molar-refractivity contribution in [3.8, 4) is 5.75 Å². The van der Waals surface area contributed by atoms with E-state index in [0.717, 1.165) is 33.4 Å². The molecule has 0 saturated carbocycles. The minimum absolute atomic E-state index is 0.203. The highest BCUT2D eigenvalue weighted by molar-refractivity contribution is 7.11. The molecule has 116 valence electrons. The van der Waals surface area contributed by atoms with Crippen LogP contribution in [0.5, 0.6) is 5.75 Å². The molecule has 0 unspecified atom stereocenters. The first-order chi connectivity index (χ1) is 10.6. The summed E-state index contributed by atoms with van der Waals surface area (Å²) >= 11 is 1.55. The monoisotopic (exact) mass is 318 g/mol. The molecule has 1 aliphatic rings. The van der Waals surface area contributed by atoms with Crippen LogP contribution in [-0.2, 0) is 12.8 Å². The van der Waals surface area contributed by atoms with E-state index in [2.05, 4.69) is 20.8 Å². The molecule has 0 aliphatic carbocycles. The predicted octanol–water partition coefficient (Wildman–Crippen LogP) is 2.53. The fourth-order valence-electron chi connectivity index (χ4n) is 2.40. The molecule has 1 aromatic carbocycles. The number of nitrogens with zero attached hydrogens (tertiary/aromatic N) is 2. The second-order valence-corrected chi connectivity index (χ2v) is 6.57. The molecular formula is C15H18N4O2S. The van der Waals surface area contributed by atoms with Crippen molar-refractivity contribution in [2.24, 2.45) is 0 Å². The molecule has 2 heterocycles. The number of ether oxygens (including phenoxy) is 1. The van der Waals surface area contributed by atoms with Gasteiger partial charge in [0.25, 0.3) is 0 Å². The summed E-state index contributed by atoms with van der Waals surface area (Å²) in [5.41, 5.74) is 1.91. The lowest BCUT2D eigenvalue weighted by molar-refractivity contribution is 0.252. The van der Waals surface area contributed by atoms with E-state index in [-0.39, 0.29) is 12.1 Å². The lowest BCUT2D eigenvalue weighted by Gasteiger charge is -2.08. The van der Waals surface area contributed by atoms with Crippen molar-refractivity contribution in [3.05, 3.63) is 33.8 Å². The van der Waals surface area contributed by atoms with Gasteiger partial charge in [0.15, 0.2) is 0 Å². The summed E-state index contributed by atoms with van der Waals surface area (Å²) in [6.07, 6.45) is 1.77. The number of aromatic nitrogens is 2. The molecule has 2 amide bonds. The molecule has 6 nitrogen and oxygen atoms in total. The van der Waals surface area contributed by atoms with Gasteiger partial charge in [-0.15, -0.1) is 21.5 Å². The third-order valence-corrected chi connectivity index (χ3v) is 4.24. The van der Waals surface area contributed by atoms with E-state index in [9.17, 15) is 4.79 Å². The van der Waals surface area contributed by atoms with E-state index in [4.69, 9.17) is 4.74 Å². The number of carbonyl (C=O) groups excluding carboxylic acids is 1. The van der Waals surface area contributed by atoms with Crippen molar-refractivity contribution in [2.75, 3.05) is 11.9 Å². The van der Waals surface area contributed by atoms with Crippen LogP contribution in [0.15, 0.2) is 18.2 Å². The van der Waals surface area contributed by atoms with Crippen LogP contribution in [-0.4, -0.2) is 28.9 Å². The fraction of sp³-hybridized carbons (Fsp3) is 0.400. The highest BCUT2D eigenvalue weighted by atomic mass is 32.1. The number of nitrogens with one attached hydrogen (secondary N) is 2. The molecular weight excluding hydrogens is 300 g/mol. The van der Waals surface area contributed by atoms with Crippen LogP contribution >= 0.6 is 11.3 Å². The first kappa shape index (κ1) is 14.8. The number of rotatable bonds is 4. The Morgan fingerprint density at radius 1 is 1.45 bits per heavy atom. The predicted molar refractivity (Wildman–Crippen MR) is 85.6 cm³/mol. The van der Waals surface area contributed by atoms with Gasteiger partial charge in [-0.25, -0.2) is 4.79 Å². The van der Waals surface area contributed by atoms with Gasteiger partial charge >= 0.3 is 6.03 Å². The van der Waals surface area contributed by atoms with E-state index < -0.39 is 0 Å². The van der Waals surface area contributed by atoms with Crippen LogP contribution in [0.25, 0.3) is 0 Å². The number of fused-ring (bicyclic) bond motifs is 1. The molecule has 0 fully saturated rings. The van der Waals surface area contributed by atoms with Crippen molar-refractivity contribution < 1.29 is 9.53 Å². The SMILES string of the molecule is Cc1nnc(CCNC(=O)Nc2ccc3c(c2)C[C@H](C)O3)s1. The molecule has 7 heteroatoms. The molecule has 0 radical (unpaired) electrons. The minimum atomic E-state index is -0.215. The van der Waals surface area contributed by atoms with Gasteiger partial charge in [-0.05, 0) is 37.6 Å². The van der Waals surface area contributed by atoms with E-state index in [1.165, 1.54) is 0 Å². The van der Waals surface area contributed by atoms with Crippen LogP contribution in [0.2, 0.25) is 0 Å². The maximum Gasteiger partial charge on any atom is 0.319 e. The topological polar surface area (TPSA) is 76.1 Å². The molecule has 2 aromatic rings. The Hall–Kier alpha value is -2.15. The number of amides is 2. The van der Waals surface area contributed by atoms with E-state index >= 15 is 0 Å². The van der Waals surface area contributed by atoms with Gasteiger partial charge in [-0.1, -0.05) is 0 Å². The number of hydrogen-bond donors (Lipinski definition) is 2. The second kappa shape index (κ2) is 6.31. The highest BCUT2D eigenvalue weighted by Gasteiger charge is 2.19. The summed E-state index contributed by atoms with van der Waals surface area (Å²) in [4.78, 5) is 11.9. The number of benzene rings is 1. The summed E-state index contributed by atoms with van der Waals surface area (Å²) in [5, 5.41) is 15.5. The number of carbonyl (C=O) groups is 1. The maximum absolute atomic E-state index is 11.9. The van der Waals surface area contributed by atoms with Crippen molar-refractivity contribution in [3.63, 3.8) is 0 Å². The summed E-state index contributed by atoms with van der Waals surface area (Å²) in [6, 6.07) is 5.50. The fourth-order valence-corrected chi connectivity index (χ4v) is 3.11. The van der Waals surface area contributed by atoms with Crippen LogP contribution in [0, 0.1) is 6.92 Å². The Kier molecular flexibility index (Phi) is 4.24. The van der Waals surface area contributed by atoms with Gasteiger partial charge in [0.1, 0.15) is 21.9 Å². The zero-order chi connectivity index (χ0) is 15.5. The van der Waals surface area contributed by atoms with Gasteiger partial charge in [0.05, 0.1) is 0 Å². The van der Waals surface area contributed by atoms with Gasteiger partial charge in [0, 0.05) is 25.1 Å². The molecule has 1 atom stereocenters. The van der Waals surface area contributed by atoms with Crippen LogP contribution in [0.1, 0.15) is 22.5 Å². The number of anilines is 1. The average Bonchev–Trinajstić information content (AvgIpc) is 3.03. The van der Waals surface area contributed by atoms with E-state index in [1.54, 1.807) is 11.3 Å². The summed E-state index contributed by atoms with van der Waals surface area (Å²) in [6.45, 7) is 4.49. The second-order valence-electron chi connectivity index (χ2n) is 5.30. The van der Waals surface area contributed by atoms with Crippen molar-refractivity contribution in [2.45, 2.75) is 32.8 Å². The van der Waals surface area contributed by atoms with Gasteiger partial charge in [0.2, 0.25) is 0 Å². The first-order valence-electron chi connectivity index (χ1n) is 7.23. The highest BCUT2D eigenvalue weighted by Crippen LogP contribution is 2.30. The van der Waals surface area contributed by atoms with Crippen molar-refractivity contribution in [1.29, 1.82) is 0 Å². The van der Waals surface area contributed by atoms with Crippen LogP contribution in [0.3, 0.4) is 0 Å². The van der Waals surface area contributed by atoms with Gasteiger partial charge in [-0.2, -0.15) is 0 Å². The van der Waals surface area contributed by atoms with E-state index in [1.807, 2.05) is 32.0 Å². The van der Waals surface area contributed by atoms with Crippen molar-refractivity contribution >= 4 is 23.1 Å². The number of hydrogen-bond acceptors (Lipinski definition) is 5. The molecule has 22 heavy (non-hydrogen) atoms. The van der Waals surface area contributed by atoms with Crippen LogP contribution < -0.4 is 15.4 Å². The van der Waals surface area contributed by atoms with Crippen molar-refractivity contribution in [1.82, 2.24) is 15.5 Å². The molecule has 0 spiro atoms. The lowest BCUT2D eigenvalue weighted by atomic mass is 10.1. The maximum atomic E-state index is 11.9. The van der Waals surface area contributed by atoms with Gasteiger partial charge in [-0.3, -0.25) is 0 Å². The smallest absolute Gasteiger partial charge is 0.319 e. The standard InChI is InChI=1S/C15H18N4O2S/c1-9-7-11-8-12(3-4-13(11)21-9)17-15(20)16-6-5-14-19-18-10(2)22-14/h3-4,8-9H,5-7H2,1-2H3,(H2,16,17,20)/t9-/m0/s1. The molecule has 1 aromatic heterocycles. The van der Waals surface area contributed by atoms with Gasteiger partial charge < -0.3 is 15.4 Å². The summed E-state index contributed by atoms with van der Waals surface area (Å²) < 4.78 is 5.64. The Balaban J connectivity index is 1.49. The third-order valence-electron chi connectivity index (χ3n) is 3.35. The Morgan fingerprint density at radius 3 is 3.09 bits per heavy atom. The Labute approximate surface area is 132 Å². The number of urea groups is 1. The zero-order valence-electron chi connectivity index (χ0n) is 12.5. The van der Waals surface area contributed by atoms with E-state index in [0.29, 0.717) is 13.0 Å². The third kappa shape index (κ3) is 3.54. The van der Waals surface area contributed by atoms with Crippen LogP contribution in [0.4, 0.5) is 10.5 Å². The Bertz CT molecular complexity index is 686. The normalized spacial score (nSPS) is 16.0. The molecule has 2 N–H and O–H groups in total. The molecule has 1 aliphatic heterocycles. The lowest BCUT2D eigenvalue weighted by Crippen LogP contribution is -2.30. The largest absolute Gasteiger partial charge is 0.490 e. The quantitative estimate of drug-likeness (QED) is 0.908. The molecule has 0 saturated heterocycles. The average molecular weight is 318 g/mol. The summed E-state index contributed by atoms with van der Waals surface area (Å²) in [5.74, 6) is 0.907.